The Morgan fingerprint density at radius 1 is 1.18 bits per heavy atom. The van der Waals surface area contributed by atoms with Crippen molar-refractivity contribution in [3.05, 3.63) is 65.4 Å². The van der Waals surface area contributed by atoms with Gasteiger partial charge in [-0.25, -0.2) is 17.5 Å². The third-order valence-electron chi connectivity index (χ3n) is 6.41. The Labute approximate surface area is 190 Å². The van der Waals surface area contributed by atoms with Gasteiger partial charge in [-0.1, -0.05) is 0 Å². The molecule has 2 aliphatic rings. The van der Waals surface area contributed by atoms with E-state index in [-0.39, 0.29) is 30.4 Å². The lowest BCUT2D eigenvalue weighted by molar-refractivity contribution is -0.151. The number of sulfonamides is 1. The van der Waals surface area contributed by atoms with Gasteiger partial charge in [0.05, 0.1) is 30.9 Å². The highest BCUT2D eigenvalue weighted by atomic mass is 32.2. The van der Waals surface area contributed by atoms with E-state index in [0.717, 1.165) is 16.8 Å². The topological polar surface area (TPSA) is 99.3 Å². The summed E-state index contributed by atoms with van der Waals surface area (Å²) in [5, 5.41) is 8.48. The summed E-state index contributed by atoms with van der Waals surface area (Å²) in [6.07, 6.45) is 5.58. The minimum atomic E-state index is -3.86. The lowest BCUT2D eigenvalue weighted by atomic mass is 9.69. The number of carbonyl (C=O) groups excluding carboxylic acids is 1. The van der Waals surface area contributed by atoms with Crippen molar-refractivity contribution in [1.29, 1.82) is 0 Å². The van der Waals surface area contributed by atoms with Crippen molar-refractivity contribution >= 4 is 22.1 Å². The number of hydrogen-bond donors (Lipinski definition) is 0. The molecule has 9 nitrogen and oxygen atoms in total. The first-order valence-corrected chi connectivity index (χ1v) is 11.8. The van der Waals surface area contributed by atoms with Crippen LogP contribution >= 0.6 is 0 Å². The van der Waals surface area contributed by atoms with Gasteiger partial charge in [-0.2, -0.15) is 14.5 Å². The summed E-state index contributed by atoms with van der Waals surface area (Å²) in [6, 6.07) is 7.43. The Morgan fingerprint density at radius 3 is 2.61 bits per heavy atom. The van der Waals surface area contributed by atoms with Gasteiger partial charge in [0, 0.05) is 20.1 Å². The van der Waals surface area contributed by atoms with Crippen molar-refractivity contribution < 1.29 is 22.3 Å². The highest BCUT2D eigenvalue weighted by Crippen LogP contribution is 2.46. The van der Waals surface area contributed by atoms with Crippen LogP contribution in [-0.4, -0.2) is 58.5 Å². The van der Waals surface area contributed by atoms with E-state index in [9.17, 15) is 17.6 Å². The Kier molecular flexibility index (Phi) is 4.98. The van der Waals surface area contributed by atoms with Gasteiger partial charge in [0.1, 0.15) is 11.2 Å². The van der Waals surface area contributed by atoms with Gasteiger partial charge in [-0.05, 0) is 60.4 Å². The van der Waals surface area contributed by atoms with Crippen LogP contribution in [0.5, 0.6) is 0 Å². The van der Waals surface area contributed by atoms with Crippen LogP contribution < -0.4 is 0 Å². The van der Waals surface area contributed by atoms with Crippen LogP contribution in [0.4, 0.5) is 4.39 Å². The molecular formula is C22H22FN5O4S. The molecule has 1 fully saturated rings. The fourth-order valence-electron chi connectivity index (χ4n) is 4.72. The van der Waals surface area contributed by atoms with Crippen molar-refractivity contribution in [2.75, 3.05) is 20.2 Å². The number of aromatic nitrogens is 4. The van der Waals surface area contributed by atoms with E-state index in [1.165, 1.54) is 40.5 Å². The van der Waals surface area contributed by atoms with Crippen LogP contribution in [0.15, 0.2) is 53.3 Å². The van der Waals surface area contributed by atoms with Crippen LogP contribution in [0.2, 0.25) is 0 Å². The van der Waals surface area contributed by atoms with Gasteiger partial charge < -0.3 is 4.74 Å². The maximum Gasteiger partial charge on any atom is 0.317 e. The van der Waals surface area contributed by atoms with E-state index in [2.05, 4.69) is 10.2 Å². The van der Waals surface area contributed by atoms with Crippen molar-refractivity contribution in [1.82, 2.24) is 23.9 Å². The summed E-state index contributed by atoms with van der Waals surface area (Å²) in [5.74, 6) is -0.830. The predicted molar refractivity (Wildman–Crippen MR) is 116 cm³/mol. The number of fused-ring (bicyclic) bond motifs is 2. The number of esters is 1. The minimum Gasteiger partial charge on any atom is -0.468 e. The molecule has 2 aromatic heterocycles. The predicted octanol–water partition coefficient (Wildman–Crippen LogP) is 1.94. The summed E-state index contributed by atoms with van der Waals surface area (Å²) >= 11 is 0. The quantitative estimate of drug-likeness (QED) is 0.540. The molecule has 5 rings (SSSR count). The summed E-state index contributed by atoms with van der Waals surface area (Å²) in [7, 11) is -0.986. The SMILES string of the molecule is COC(=O)C12Cc3cnn(-c4ccc(F)cc4)c3C=C1CCN(S(=O)(=O)c1ccnn1C)C2. The number of benzene rings is 1. The molecule has 33 heavy (non-hydrogen) atoms. The monoisotopic (exact) mass is 471 g/mol. The molecule has 172 valence electrons. The van der Waals surface area contributed by atoms with Gasteiger partial charge in [-0.3, -0.25) is 9.48 Å². The van der Waals surface area contributed by atoms with Gasteiger partial charge >= 0.3 is 5.97 Å². The largest absolute Gasteiger partial charge is 0.468 e. The second-order valence-corrected chi connectivity index (χ2v) is 10.1. The van der Waals surface area contributed by atoms with Crippen LogP contribution in [0.3, 0.4) is 0 Å². The number of nitrogens with zero attached hydrogens (tertiary/aromatic N) is 5. The zero-order valence-electron chi connectivity index (χ0n) is 18.1. The van der Waals surface area contributed by atoms with Gasteiger partial charge in [-0.15, -0.1) is 0 Å². The van der Waals surface area contributed by atoms with Crippen LogP contribution in [0, 0.1) is 11.2 Å². The van der Waals surface area contributed by atoms with Crippen LogP contribution in [0.25, 0.3) is 11.8 Å². The first-order chi connectivity index (χ1) is 15.8. The van der Waals surface area contributed by atoms with Crippen LogP contribution in [-0.2, 0) is 33.0 Å². The van der Waals surface area contributed by atoms with Gasteiger partial charge in [0.25, 0.3) is 10.0 Å². The molecule has 0 spiro atoms. The summed E-state index contributed by atoms with van der Waals surface area (Å²) in [5.41, 5.74) is 1.91. The summed E-state index contributed by atoms with van der Waals surface area (Å²) < 4.78 is 49.5. The van der Waals surface area contributed by atoms with E-state index in [4.69, 9.17) is 4.74 Å². The zero-order chi connectivity index (χ0) is 23.4. The Balaban J connectivity index is 1.56. The average Bonchev–Trinajstić information content (AvgIpc) is 3.43. The Hall–Kier alpha value is -3.31. The number of halogens is 1. The number of hydrogen-bond acceptors (Lipinski definition) is 6. The number of aryl methyl sites for hydroxylation is 1. The molecule has 0 saturated carbocycles. The average molecular weight is 472 g/mol. The first kappa shape index (κ1) is 21.5. The molecule has 0 radical (unpaired) electrons. The van der Waals surface area contributed by atoms with Crippen molar-refractivity contribution in [2.45, 2.75) is 17.9 Å². The van der Waals surface area contributed by atoms with E-state index >= 15 is 0 Å². The number of ether oxygens (including phenoxy) is 1. The number of piperidine rings is 1. The van der Waals surface area contributed by atoms with Crippen LogP contribution in [0.1, 0.15) is 17.7 Å². The van der Waals surface area contributed by atoms with Crippen molar-refractivity contribution in [2.24, 2.45) is 12.5 Å². The molecule has 1 saturated heterocycles. The molecule has 1 atom stereocenters. The third-order valence-corrected chi connectivity index (χ3v) is 8.33. The molecule has 1 aliphatic carbocycles. The molecule has 1 unspecified atom stereocenters. The van der Waals surface area contributed by atoms with Crippen molar-refractivity contribution in [3.63, 3.8) is 0 Å². The molecular weight excluding hydrogens is 449 g/mol. The first-order valence-electron chi connectivity index (χ1n) is 10.4. The summed E-state index contributed by atoms with van der Waals surface area (Å²) in [6.45, 7) is 0.179. The minimum absolute atomic E-state index is 0.0415. The Morgan fingerprint density at radius 2 is 1.94 bits per heavy atom. The Bertz CT molecular complexity index is 1380. The third kappa shape index (κ3) is 3.30. The second-order valence-electron chi connectivity index (χ2n) is 8.24. The number of carbonyl (C=O) groups is 1. The zero-order valence-corrected chi connectivity index (χ0v) is 18.9. The lowest BCUT2D eigenvalue weighted by Gasteiger charge is -2.43. The van der Waals surface area contributed by atoms with Crippen molar-refractivity contribution in [3.8, 4) is 5.69 Å². The smallest absolute Gasteiger partial charge is 0.317 e. The lowest BCUT2D eigenvalue weighted by Crippen LogP contribution is -2.53. The van der Waals surface area contributed by atoms with E-state index in [0.29, 0.717) is 12.1 Å². The molecule has 0 bridgehead atoms. The fraction of sp³-hybridized carbons (Fsp3) is 0.318. The molecule has 11 heteroatoms. The molecule has 3 aromatic rings. The maximum atomic E-state index is 13.4. The summed E-state index contributed by atoms with van der Waals surface area (Å²) in [4.78, 5) is 13.1. The second kappa shape index (κ2) is 7.63. The van der Waals surface area contributed by atoms with E-state index in [1.807, 2.05) is 6.08 Å². The van der Waals surface area contributed by atoms with Gasteiger partial charge in [0.2, 0.25) is 0 Å². The molecule has 0 amide bonds. The maximum absolute atomic E-state index is 13.4. The van der Waals surface area contributed by atoms with Gasteiger partial charge in [0.15, 0.2) is 5.03 Å². The highest BCUT2D eigenvalue weighted by molar-refractivity contribution is 7.89. The molecule has 1 aliphatic heterocycles. The normalized spacial score (nSPS) is 20.6. The molecule has 1 aromatic carbocycles. The van der Waals surface area contributed by atoms with E-state index < -0.39 is 21.4 Å². The standard InChI is InChI=1S/C22H22FN5O4S/c1-26-20(7-9-24-26)33(30,31)27-10-8-16-11-19-15(12-22(16,14-27)21(29)32-2)13-25-28(19)18-5-3-17(23)4-6-18/h3-7,9,11,13H,8,10,12,14H2,1-2H3. The van der Waals surface area contributed by atoms with E-state index in [1.54, 1.807) is 30.1 Å². The number of rotatable bonds is 4. The number of methoxy groups -OCH3 is 1. The molecule has 3 heterocycles. The fourth-order valence-corrected chi connectivity index (χ4v) is 6.32. The highest BCUT2D eigenvalue weighted by Gasteiger charge is 2.52. The molecule has 0 N–H and O–H groups in total.